The van der Waals surface area contributed by atoms with Crippen molar-refractivity contribution in [3.63, 3.8) is 0 Å². The quantitative estimate of drug-likeness (QED) is 0.466. The first-order chi connectivity index (χ1) is 14.4. The van der Waals surface area contributed by atoms with Gasteiger partial charge in [0, 0.05) is 4.47 Å². The van der Waals surface area contributed by atoms with E-state index in [9.17, 15) is 13.2 Å². The summed E-state index contributed by atoms with van der Waals surface area (Å²) in [6.07, 6.45) is 0. The number of hydrogen-bond acceptors (Lipinski definition) is 5. The number of nitrogens with one attached hydrogen (secondary N) is 2. The number of hydrogen-bond donors (Lipinski definition) is 2. The Labute approximate surface area is 184 Å². The summed E-state index contributed by atoms with van der Waals surface area (Å²) in [5.74, 6) is -0.419. The second-order valence-electron chi connectivity index (χ2n) is 6.45. The fraction of sp³-hybridized carbons (Fsp3) is 0.136. The highest BCUT2D eigenvalue weighted by Gasteiger charge is 2.22. The minimum absolute atomic E-state index is 0.0343. The molecule has 6 nitrogen and oxygen atoms in total. The Bertz CT molecular complexity index is 1110. The Hall–Kier alpha value is -2.68. The van der Waals surface area contributed by atoms with Gasteiger partial charge in [0.2, 0.25) is 0 Å². The molecule has 0 aliphatic carbocycles. The fourth-order valence-electron chi connectivity index (χ4n) is 2.98. The van der Waals surface area contributed by atoms with Crippen molar-refractivity contribution in [1.82, 2.24) is 5.32 Å². The van der Waals surface area contributed by atoms with Gasteiger partial charge < -0.3 is 4.74 Å². The SMILES string of the molecule is COC(=O)CN[C@@H](c1ccccc1)c1cc(Br)ccc1NS(=O)(=O)c1ccccc1. The van der Waals surface area contributed by atoms with Crippen LogP contribution in [0.4, 0.5) is 5.69 Å². The number of ether oxygens (including phenoxy) is 1. The lowest BCUT2D eigenvalue weighted by atomic mass is 9.97. The van der Waals surface area contributed by atoms with Crippen molar-refractivity contribution >= 4 is 37.6 Å². The molecule has 0 heterocycles. The number of esters is 1. The van der Waals surface area contributed by atoms with Crippen LogP contribution in [-0.4, -0.2) is 28.0 Å². The summed E-state index contributed by atoms with van der Waals surface area (Å²) in [4.78, 5) is 11.9. The van der Waals surface area contributed by atoms with Crippen molar-refractivity contribution in [3.8, 4) is 0 Å². The highest BCUT2D eigenvalue weighted by Crippen LogP contribution is 2.32. The number of benzene rings is 3. The molecule has 0 spiro atoms. The lowest BCUT2D eigenvalue weighted by Crippen LogP contribution is -2.30. The van der Waals surface area contributed by atoms with E-state index in [0.29, 0.717) is 11.3 Å². The van der Waals surface area contributed by atoms with Crippen LogP contribution in [0.1, 0.15) is 17.2 Å². The van der Waals surface area contributed by atoms with Crippen LogP contribution < -0.4 is 10.0 Å². The molecule has 0 radical (unpaired) electrons. The lowest BCUT2D eigenvalue weighted by molar-refractivity contribution is -0.139. The van der Waals surface area contributed by atoms with E-state index in [-0.39, 0.29) is 11.4 Å². The van der Waals surface area contributed by atoms with Crippen LogP contribution in [0.2, 0.25) is 0 Å². The summed E-state index contributed by atoms with van der Waals surface area (Å²) >= 11 is 3.46. The maximum atomic E-state index is 12.9. The van der Waals surface area contributed by atoms with Crippen LogP contribution in [0, 0.1) is 0 Å². The average Bonchev–Trinajstić information content (AvgIpc) is 2.76. The maximum absolute atomic E-state index is 12.9. The molecule has 2 N–H and O–H groups in total. The molecule has 0 aromatic heterocycles. The molecule has 0 fully saturated rings. The highest BCUT2D eigenvalue weighted by molar-refractivity contribution is 9.10. The molecule has 0 saturated carbocycles. The Morgan fingerprint density at radius 3 is 2.27 bits per heavy atom. The van der Waals surface area contributed by atoms with Crippen LogP contribution in [0.15, 0.2) is 88.2 Å². The van der Waals surface area contributed by atoms with E-state index in [1.165, 1.54) is 19.2 Å². The molecule has 0 aliphatic rings. The van der Waals surface area contributed by atoms with Gasteiger partial charge in [0.25, 0.3) is 10.0 Å². The molecule has 0 aliphatic heterocycles. The van der Waals surface area contributed by atoms with Crippen molar-refractivity contribution in [3.05, 3.63) is 94.5 Å². The molecule has 0 amide bonds. The third-order valence-corrected chi connectivity index (χ3v) is 6.31. The molecule has 3 aromatic carbocycles. The molecule has 156 valence electrons. The van der Waals surface area contributed by atoms with E-state index in [1.807, 2.05) is 36.4 Å². The number of methoxy groups -OCH3 is 1. The smallest absolute Gasteiger partial charge is 0.319 e. The van der Waals surface area contributed by atoms with Crippen LogP contribution in [0.3, 0.4) is 0 Å². The van der Waals surface area contributed by atoms with E-state index in [2.05, 4.69) is 26.0 Å². The van der Waals surface area contributed by atoms with Crippen LogP contribution in [0.5, 0.6) is 0 Å². The van der Waals surface area contributed by atoms with Gasteiger partial charge in [0.1, 0.15) is 0 Å². The zero-order chi connectivity index (χ0) is 21.6. The van der Waals surface area contributed by atoms with Gasteiger partial charge in [-0.1, -0.05) is 64.5 Å². The first-order valence-electron chi connectivity index (χ1n) is 9.13. The Morgan fingerprint density at radius 2 is 1.63 bits per heavy atom. The number of halogens is 1. The van der Waals surface area contributed by atoms with E-state index in [1.54, 1.807) is 30.3 Å². The third-order valence-electron chi connectivity index (χ3n) is 4.43. The van der Waals surface area contributed by atoms with Gasteiger partial charge >= 0.3 is 5.97 Å². The number of anilines is 1. The number of carbonyl (C=O) groups excluding carboxylic acids is 1. The molecule has 0 bridgehead atoms. The maximum Gasteiger partial charge on any atom is 0.319 e. The summed E-state index contributed by atoms with van der Waals surface area (Å²) in [6.45, 7) is -0.0343. The van der Waals surface area contributed by atoms with E-state index < -0.39 is 22.0 Å². The van der Waals surface area contributed by atoms with Gasteiger partial charge in [-0.3, -0.25) is 14.8 Å². The Morgan fingerprint density at radius 1 is 1.00 bits per heavy atom. The van der Waals surface area contributed by atoms with Crippen LogP contribution >= 0.6 is 15.9 Å². The number of rotatable bonds is 8. The molecule has 8 heteroatoms. The number of sulfonamides is 1. The van der Waals surface area contributed by atoms with Gasteiger partial charge in [-0.15, -0.1) is 0 Å². The molecule has 0 saturated heterocycles. The van der Waals surface area contributed by atoms with Crippen LogP contribution in [0.25, 0.3) is 0 Å². The zero-order valence-corrected chi connectivity index (χ0v) is 18.6. The molecule has 3 rings (SSSR count). The molecule has 30 heavy (non-hydrogen) atoms. The molecular weight excluding hydrogens is 468 g/mol. The fourth-order valence-corrected chi connectivity index (χ4v) is 4.47. The predicted molar refractivity (Wildman–Crippen MR) is 120 cm³/mol. The second kappa shape index (κ2) is 9.88. The van der Waals surface area contributed by atoms with Crippen molar-refractivity contribution in [1.29, 1.82) is 0 Å². The summed E-state index contributed by atoms with van der Waals surface area (Å²) in [5.41, 5.74) is 1.95. The topological polar surface area (TPSA) is 84.5 Å². The number of carbonyl (C=O) groups is 1. The normalized spacial score (nSPS) is 12.2. The minimum Gasteiger partial charge on any atom is -0.468 e. The van der Waals surface area contributed by atoms with E-state index >= 15 is 0 Å². The largest absolute Gasteiger partial charge is 0.468 e. The summed E-state index contributed by atoms with van der Waals surface area (Å²) in [5, 5.41) is 3.17. The van der Waals surface area contributed by atoms with Crippen molar-refractivity contribution < 1.29 is 17.9 Å². The van der Waals surface area contributed by atoms with Crippen molar-refractivity contribution in [2.75, 3.05) is 18.4 Å². The van der Waals surface area contributed by atoms with Crippen molar-refractivity contribution in [2.24, 2.45) is 0 Å². The van der Waals surface area contributed by atoms with Gasteiger partial charge in [-0.2, -0.15) is 0 Å². The lowest BCUT2D eigenvalue weighted by Gasteiger charge is -2.23. The Kier molecular flexibility index (Phi) is 7.25. The predicted octanol–water partition coefficient (Wildman–Crippen LogP) is 4.10. The standard InChI is InChI=1S/C22H21BrN2O4S/c1-29-21(26)15-24-22(16-8-4-2-5-9-16)19-14-17(23)12-13-20(19)25-30(27,28)18-10-6-3-7-11-18/h2-14,22,24-25H,15H2,1H3/t22-/m0/s1. The summed E-state index contributed by atoms with van der Waals surface area (Å²) < 4.78 is 34.0. The second-order valence-corrected chi connectivity index (χ2v) is 9.05. The molecule has 0 unspecified atom stereocenters. The highest BCUT2D eigenvalue weighted by atomic mass is 79.9. The molecular formula is C22H21BrN2O4S. The average molecular weight is 489 g/mol. The van der Waals surface area contributed by atoms with Gasteiger partial charge in [-0.05, 0) is 41.5 Å². The monoisotopic (exact) mass is 488 g/mol. The van der Waals surface area contributed by atoms with Gasteiger partial charge in [-0.25, -0.2) is 8.42 Å². The Balaban J connectivity index is 2.03. The third kappa shape index (κ3) is 5.47. The van der Waals surface area contributed by atoms with Crippen LogP contribution in [-0.2, 0) is 19.6 Å². The first kappa shape index (κ1) is 22.0. The molecule has 3 aromatic rings. The van der Waals surface area contributed by atoms with E-state index in [0.717, 1.165) is 10.0 Å². The first-order valence-corrected chi connectivity index (χ1v) is 11.4. The van der Waals surface area contributed by atoms with E-state index in [4.69, 9.17) is 4.74 Å². The molecule has 1 atom stereocenters. The summed E-state index contributed by atoms with van der Waals surface area (Å²) in [7, 11) is -2.47. The van der Waals surface area contributed by atoms with Gasteiger partial charge in [0.15, 0.2) is 0 Å². The minimum atomic E-state index is -3.79. The zero-order valence-electron chi connectivity index (χ0n) is 16.2. The summed E-state index contributed by atoms with van der Waals surface area (Å²) in [6, 6.07) is 22.5. The van der Waals surface area contributed by atoms with Crippen molar-refractivity contribution in [2.45, 2.75) is 10.9 Å². The van der Waals surface area contributed by atoms with Gasteiger partial charge in [0.05, 0.1) is 30.3 Å².